The Morgan fingerprint density at radius 3 is 3.05 bits per heavy atom. The van der Waals surface area contributed by atoms with Gasteiger partial charge in [0, 0.05) is 17.3 Å². The first kappa shape index (κ1) is 14.7. The second kappa shape index (κ2) is 6.68. The first-order valence-corrected chi connectivity index (χ1v) is 8.82. The van der Waals surface area contributed by atoms with Crippen LogP contribution in [0.5, 0.6) is 10.9 Å². The third-order valence-corrected chi connectivity index (χ3v) is 5.35. The van der Waals surface area contributed by atoms with Crippen molar-refractivity contribution < 1.29 is 9.53 Å². The molecular formula is C14H13ClN2O2S2. The molecule has 0 radical (unpaired) electrons. The van der Waals surface area contributed by atoms with Crippen LogP contribution in [0.4, 0.5) is 5.69 Å². The van der Waals surface area contributed by atoms with Gasteiger partial charge in [0.25, 0.3) is 5.19 Å². The Bertz CT molecular complexity index is 628. The van der Waals surface area contributed by atoms with Gasteiger partial charge in [-0.3, -0.25) is 4.79 Å². The molecule has 1 N–H and O–H groups in total. The summed E-state index contributed by atoms with van der Waals surface area (Å²) in [6, 6.07) is 5.22. The maximum absolute atomic E-state index is 12.1. The summed E-state index contributed by atoms with van der Waals surface area (Å²) in [7, 11) is 0. The lowest BCUT2D eigenvalue weighted by Gasteiger charge is -2.11. The molecule has 2 heterocycles. The van der Waals surface area contributed by atoms with Crippen molar-refractivity contribution in [2.24, 2.45) is 0 Å². The van der Waals surface area contributed by atoms with Gasteiger partial charge < -0.3 is 10.1 Å². The zero-order valence-electron chi connectivity index (χ0n) is 11.0. The lowest BCUT2D eigenvalue weighted by atomic mass is 10.2. The molecule has 2 aromatic rings. The van der Waals surface area contributed by atoms with Crippen LogP contribution in [0, 0.1) is 0 Å². The number of hydrogen-bond donors (Lipinski definition) is 1. The van der Waals surface area contributed by atoms with Crippen molar-refractivity contribution in [1.82, 2.24) is 4.98 Å². The largest absolute Gasteiger partial charge is 0.429 e. The van der Waals surface area contributed by atoms with Gasteiger partial charge in [-0.05, 0) is 36.8 Å². The molecular weight excluding hydrogens is 328 g/mol. The number of benzene rings is 1. The van der Waals surface area contributed by atoms with Crippen LogP contribution in [-0.2, 0) is 4.79 Å². The molecule has 1 aliphatic rings. The quantitative estimate of drug-likeness (QED) is 0.894. The molecule has 0 saturated carbocycles. The van der Waals surface area contributed by atoms with Crippen LogP contribution in [0.3, 0.4) is 0 Å². The van der Waals surface area contributed by atoms with E-state index < -0.39 is 0 Å². The number of halogens is 1. The molecule has 21 heavy (non-hydrogen) atoms. The van der Waals surface area contributed by atoms with Gasteiger partial charge in [-0.25, -0.2) is 4.98 Å². The number of aromatic nitrogens is 1. The highest BCUT2D eigenvalue weighted by Crippen LogP contribution is 2.33. The fraction of sp³-hybridized carbons (Fsp3) is 0.286. The molecule has 110 valence electrons. The number of amides is 1. The monoisotopic (exact) mass is 340 g/mol. The Balaban J connectivity index is 1.67. The van der Waals surface area contributed by atoms with Gasteiger partial charge in [-0.2, -0.15) is 0 Å². The van der Waals surface area contributed by atoms with Crippen molar-refractivity contribution in [1.29, 1.82) is 0 Å². The minimum absolute atomic E-state index is 0.0437. The SMILES string of the molecule is O=C(Nc1ccc(Oc2nccs2)c(Cl)c1)C1CCCS1. The van der Waals surface area contributed by atoms with Crippen molar-refractivity contribution in [3.63, 3.8) is 0 Å². The summed E-state index contributed by atoms with van der Waals surface area (Å²) < 4.78 is 5.57. The number of carbonyl (C=O) groups excluding carboxylic acids is 1. The van der Waals surface area contributed by atoms with E-state index in [1.807, 2.05) is 5.38 Å². The Kier molecular flexibility index (Phi) is 4.67. The number of nitrogens with zero attached hydrogens (tertiary/aromatic N) is 1. The smallest absolute Gasteiger partial charge is 0.278 e. The number of ether oxygens (including phenoxy) is 1. The third-order valence-electron chi connectivity index (χ3n) is 3.03. The number of hydrogen-bond acceptors (Lipinski definition) is 5. The van der Waals surface area contributed by atoms with Crippen LogP contribution in [0.25, 0.3) is 0 Å². The van der Waals surface area contributed by atoms with Gasteiger partial charge >= 0.3 is 0 Å². The number of nitrogens with one attached hydrogen (secondary N) is 1. The lowest BCUT2D eigenvalue weighted by Crippen LogP contribution is -2.22. The number of anilines is 1. The summed E-state index contributed by atoms with van der Waals surface area (Å²) in [5.41, 5.74) is 0.684. The number of carbonyl (C=O) groups is 1. The summed E-state index contributed by atoms with van der Waals surface area (Å²) in [6.07, 6.45) is 3.71. The third kappa shape index (κ3) is 3.70. The second-order valence-electron chi connectivity index (χ2n) is 4.54. The molecule has 1 aromatic heterocycles. The standard InChI is InChI=1S/C14H13ClN2O2S2/c15-10-8-9(17-13(18)12-2-1-6-20-12)3-4-11(10)19-14-16-5-7-21-14/h3-5,7-8,12H,1-2,6H2,(H,17,18). The van der Waals surface area contributed by atoms with E-state index in [0.29, 0.717) is 21.7 Å². The van der Waals surface area contributed by atoms with Crippen LogP contribution < -0.4 is 10.1 Å². The van der Waals surface area contributed by atoms with Gasteiger partial charge in [-0.1, -0.05) is 22.9 Å². The molecule has 3 rings (SSSR count). The molecule has 1 saturated heterocycles. The maximum atomic E-state index is 12.1. The number of thioether (sulfide) groups is 1. The Labute approximate surface area is 135 Å². The molecule has 1 fully saturated rings. The lowest BCUT2D eigenvalue weighted by molar-refractivity contribution is -0.115. The Hall–Kier alpha value is -1.24. The molecule has 0 bridgehead atoms. The van der Waals surface area contributed by atoms with Crippen molar-refractivity contribution in [2.45, 2.75) is 18.1 Å². The van der Waals surface area contributed by atoms with Crippen LogP contribution in [0.1, 0.15) is 12.8 Å². The molecule has 4 nitrogen and oxygen atoms in total. The van der Waals surface area contributed by atoms with Crippen molar-refractivity contribution in [3.8, 4) is 10.9 Å². The van der Waals surface area contributed by atoms with E-state index in [0.717, 1.165) is 18.6 Å². The minimum atomic E-state index is 0.0437. The van der Waals surface area contributed by atoms with E-state index in [2.05, 4.69) is 10.3 Å². The highest BCUT2D eigenvalue weighted by molar-refractivity contribution is 8.00. The average molecular weight is 341 g/mol. The number of thiazole rings is 1. The first-order chi connectivity index (χ1) is 10.2. The first-order valence-electron chi connectivity index (χ1n) is 6.52. The molecule has 1 amide bonds. The summed E-state index contributed by atoms with van der Waals surface area (Å²) in [5, 5.41) is 5.76. The van der Waals surface area contributed by atoms with E-state index in [1.54, 1.807) is 36.2 Å². The molecule has 1 atom stereocenters. The van der Waals surface area contributed by atoms with Crippen LogP contribution >= 0.6 is 34.7 Å². The van der Waals surface area contributed by atoms with E-state index in [4.69, 9.17) is 16.3 Å². The normalized spacial score (nSPS) is 17.7. The van der Waals surface area contributed by atoms with Crippen molar-refractivity contribution >= 4 is 46.3 Å². The Morgan fingerprint density at radius 2 is 2.38 bits per heavy atom. The molecule has 1 aromatic carbocycles. The van der Waals surface area contributed by atoms with E-state index in [-0.39, 0.29) is 11.2 Å². The fourth-order valence-electron chi connectivity index (χ4n) is 2.02. The zero-order chi connectivity index (χ0) is 14.7. The van der Waals surface area contributed by atoms with Gasteiger partial charge in [0.1, 0.15) is 5.75 Å². The molecule has 1 aliphatic heterocycles. The van der Waals surface area contributed by atoms with Gasteiger partial charge in [0.05, 0.1) is 10.3 Å². The molecule has 0 spiro atoms. The molecule has 0 aliphatic carbocycles. The van der Waals surface area contributed by atoms with Crippen molar-refractivity contribution in [3.05, 3.63) is 34.8 Å². The highest BCUT2D eigenvalue weighted by atomic mass is 35.5. The van der Waals surface area contributed by atoms with Gasteiger partial charge in [0.15, 0.2) is 0 Å². The summed E-state index contributed by atoms with van der Waals surface area (Å²) in [4.78, 5) is 16.1. The van der Waals surface area contributed by atoms with Crippen molar-refractivity contribution in [2.75, 3.05) is 11.1 Å². The predicted molar refractivity (Wildman–Crippen MR) is 87.7 cm³/mol. The van der Waals surface area contributed by atoms with Crippen LogP contribution in [0.15, 0.2) is 29.8 Å². The average Bonchev–Trinajstić information content (AvgIpc) is 3.14. The minimum Gasteiger partial charge on any atom is -0.429 e. The van der Waals surface area contributed by atoms with E-state index >= 15 is 0 Å². The summed E-state index contributed by atoms with van der Waals surface area (Å²) >= 11 is 9.28. The maximum Gasteiger partial charge on any atom is 0.278 e. The second-order valence-corrected chi connectivity index (χ2v) is 7.11. The fourth-order valence-corrected chi connectivity index (χ4v) is 3.90. The molecule has 7 heteroatoms. The van der Waals surface area contributed by atoms with Crippen LogP contribution in [-0.4, -0.2) is 21.9 Å². The predicted octanol–water partition coefficient (Wildman–Crippen LogP) is 4.42. The highest BCUT2D eigenvalue weighted by Gasteiger charge is 2.23. The van der Waals surface area contributed by atoms with E-state index in [9.17, 15) is 4.79 Å². The van der Waals surface area contributed by atoms with Crippen LogP contribution in [0.2, 0.25) is 5.02 Å². The van der Waals surface area contributed by atoms with E-state index in [1.165, 1.54) is 11.3 Å². The topological polar surface area (TPSA) is 51.2 Å². The summed E-state index contributed by atoms with van der Waals surface area (Å²) in [5.74, 6) is 1.63. The zero-order valence-corrected chi connectivity index (χ0v) is 13.4. The number of rotatable bonds is 4. The van der Waals surface area contributed by atoms with Gasteiger partial charge in [-0.15, -0.1) is 11.8 Å². The van der Waals surface area contributed by atoms with Gasteiger partial charge in [0.2, 0.25) is 5.91 Å². The molecule has 1 unspecified atom stereocenters. The Morgan fingerprint density at radius 1 is 1.48 bits per heavy atom. The summed E-state index contributed by atoms with van der Waals surface area (Å²) in [6.45, 7) is 0.